The first kappa shape index (κ1) is 16.3. The monoisotopic (exact) mass is 298 g/mol. The van der Waals surface area contributed by atoms with Crippen molar-refractivity contribution in [1.82, 2.24) is 20.2 Å². The van der Waals surface area contributed by atoms with E-state index in [2.05, 4.69) is 15.5 Å². The first-order valence-corrected chi connectivity index (χ1v) is 5.64. The zero-order chi connectivity index (χ0) is 15.7. The number of carboxylic acid groups (broad SMARTS) is 1. The highest BCUT2D eigenvalue weighted by Gasteiger charge is 2.49. The highest BCUT2D eigenvalue weighted by Crippen LogP contribution is 2.38. The summed E-state index contributed by atoms with van der Waals surface area (Å²) < 4.78 is 52.1. The highest BCUT2D eigenvalue weighted by atomic mass is 19.3. The zero-order valence-corrected chi connectivity index (χ0v) is 11.0. The number of aliphatic carboxylic acids is 1. The van der Waals surface area contributed by atoms with Crippen LogP contribution in [0, 0.1) is 5.41 Å². The van der Waals surface area contributed by atoms with E-state index >= 15 is 0 Å². The predicted octanol–water partition coefficient (Wildman–Crippen LogP) is 2.09. The first-order valence-electron chi connectivity index (χ1n) is 5.64. The molecule has 0 aliphatic carbocycles. The van der Waals surface area contributed by atoms with Crippen LogP contribution in [0.4, 0.5) is 17.6 Å². The summed E-state index contributed by atoms with van der Waals surface area (Å²) >= 11 is 0. The summed E-state index contributed by atoms with van der Waals surface area (Å²) in [7, 11) is 0. The second kappa shape index (κ2) is 5.33. The molecular formula is C10H14F4N4O2. The van der Waals surface area contributed by atoms with Crippen LogP contribution >= 0.6 is 0 Å². The molecule has 0 amide bonds. The number of tetrazole rings is 1. The molecule has 1 rings (SSSR count). The van der Waals surface area contributed by atoms with Gasteiger partial charge in [0.25, 0.3) is 0 Å². The van der Waals surface area contributed by atoms with Crippen molar-refractivity contribution in [2.24, 2.45) is 5.41 Å². The molecule has 0 saturated carbocycles. The number of alkyl halides is 4. The number of carbonyl (C=O) groups is 1. The number of nitrogens with zero attached hydrogens (tertiary/aromatic N) is 4. The van der Waals surface area contributed by atoms with Gasteiger partial charge < -0.3 is 5.11 Å². The fraction of sp³-hybridized carbons (Fsp3) is 0.800. The third kappa shape index (κ3) is 3.23. The smallest absolute Gasteiger partial charge is 0.367 e. The van der Waals surface area contributed by atoms with Crippen molar-refractivity contribution >= 4 is 5.97 Å². The molecule has 0 aliphatic heterocycles. The van der Waals surface area contributed by atoms with E-state index in [1.54, 1.807) is 20.8 Å². The lowest BCUT2D eigenvalue weighted by molar-refractivity contribution is -0.146. The number of aromatic nitrogens is 4. The number of hydrogen-bond donors (Lipinski definition) is 1. The van der Waals surface area contributed by atoms with Crippen molar-refractivity contribution in [3.8, 4) is 0 Å². The molecule has 1 heterocycles. The summed E-state index contributed by atoms with van der Waals surface area (Å²) in [5.74, 6) is -7.16. The standard InChI is InChI=1S/C10H14F4N4O2/c1-9(2,3)5(4-6(19)20)18-8(15-16-17-18)10(13,14)7(11)12/h5,7H,4H2,1-3H3,(H,19,20). The summed E-state index contributed by atoms with van der Waals surface area (Å²) in [5, 5.41) is 18.0. The Balaban J connectivity index is 3.30. The summed E-state index contributed by atoms with van der Waals surface area (Å²) in [6.45, 7) is 4.73. The van der Waals surface area contributed by atoms with E-state index in [0.29, 0.717) is 4.68 Å². The second-order valence-electron chi connectivity index (χ2n) is 5.35. The minimum Gasteiger partial charge on any atom is -0.481 e. The lowest BCUT2D eigenvalue weighted by Crippen LogP contribution is -2.35. The van der Waals surface area contributed by atoms with Gasteiger partial charge in [0.1, 0.15) is 0 Å². The largest absolute Gasteiger partial charge is 0.481 e. The molecule has 114 valence electrons. The molecule has 0 bridgehead atoms. The third-order valence-corrected chi connectivity index (χ3v) is 2.73. The number of carboxylic acids is 1. The van der Waals surface area contributed by atoms with Crippen LogP contribution in [0.5, 0.6) is 0 Å². The highest BCUT2D eigenvalue weighted by molar-refractivity contribution is 5.67. The Morgan fingerprint density at radius 2 is 1.90 bits per heavy atom. The summed E-state index contributed by atoms with van der Waals surface area (Å²) in [6, 6.07) is -1.09. The first-order chi connectivity index (χ1) is 8.98. The molecule has 0 fully saturated rings. The van der Waals surface area contributed by atoms with E-state index in [-0.39, 0.29) is 0 Å². The van der Waals surface area contributed by atoms with Gasteiger partial charge in [0, 0.05) is 0 Å². The maximum absolute atomic E-state index is 13.4. The van der Waals surface area contributed by atoms with Crippen molar-refractivity contribution < 1.29 is 27.5 Å². The molecule has 0 aromatic carbocycles. The molecule has 6 nitrogen and oxygen atoms in total. The van der Waals surface area contributed by atoms with Crippen molar-refractivity contribution in [1.29, 1.82) is 0 Å². The molecule has 1 N–H and O–H groups in total. The lowest BCUT2D eigenvalue weighted by atomic mass is 9.84. The minimum absolute atomic E-state index is 0.472. The van der Waals surface area contributed by atoms with Crippen molar-refractivity contribution in [3.05, 3.63) is 5.82 Å². The SMILES string of the molecule is CC(C)(C)C(CC(=O)O)n1nnnc1C(F)(F)C(F)F. The van der Waals surface area contributed by atoms with E-state index in [4.69, 9.17) is 5.11 Å². The van der Waals surface area contributed by atoms with Gasteiger partial charge in [-0.05, 0) is 15.8 Å². The fourth-order valence-corrected chi connectivity index (χ4v) is 1.65. The van der Waals surface area contributed by atoms with Crippen LogP contribution in [0.15, 0.2) is 0 Å². The van der Waals surface area contributed by atoms with Gasteiger partial charge in [-0.25, -0.2) is 13.5 Å². The number of halogens is 4. The van der Waals surface area contributed by atoms with Gasteiger partial charge in [-0.2, -0.15) is 8.78 Å². The van der Waals surface area contributed by atoms with E-state index in [9.17, 15) is 22.4 Å². The Morgan fingerprint density at radius 3 is 2.30 bits per heavy atom. The van der Waals surface area contributed by atoms with Gasteiger partial charge in [0.15, 0.2) is 0 Å². The summed E-state index contributed by atoms with van der Waals surface area (Å²) in [5.41, 5.74) is -0.819. The minimum atomic E-state index is -4.55. The normalized spacial score (nSPS) is 14.6. The molecule has 0 aliphatic rings. The molecule has 1 atom stereocenters. The van der Waals surface area contributed by atoms with Crippen LogP contribution in [0.25, 0.3) is 0 Å². The number of rotatable bonds is 5. The van der Waals surface area contributed by atoms with Gasteiger partial charge in [0.2, 0.25) is 5.82 Å². The molecule has 0 radical (unpaired) electrons. The Bertz CT molecular complexity index is 484. The lowest BCUT2D eigenvalue weighted by Gasteiger charge is -2.30. The molecule has 20 heavy (non-hydrogen) atoms. The van der Waals surface area contributed by atoms with E-state index in [1.165, 1.54) is 0 Å². The maximum Gasteiger partial charge on any atom is 0.367 e. The van der Waals surface area contributed by atoms with Crippen LogP contribution in [0.3, 0.4) is 0 Å². The van der Waals surface area contributed by atoms with E-state index < -0.39 is 42.0 Å². The van der Waals surface area contributed by atoms with Crippen LogP contribution < -0.4 is 0 Å². The quantitative estimate of drug-likeness (QED) is 0.842. The number of hydrogen-bond acceptors (Lipinski definition) is 4. The summed E-state index contributed by atoms with van der Waals surface area (Å²) in [4.78, 5) is 10.8. The van der Waals surface area contributed by atoms with E-state index in [0.717, 1.165) is 0 Å². The zero-order valence-electron chi connectivity index (χ0n) is 11.0. The second-order valence-corrected chi connectivity index (χ2v) is 5.35. The summed E-state index contributed by atoms with van der Waals surface area (Å²) in [6.07, 6.45) is -4.56. The van der Waals surface area contributed by atoms with Crippen molar-refractivity contribution in [2.75, 3.05) is 0 Å². The van der Waals surface area contributed by atoms with Gasteiger partial charge >= 0.3 is 18.3 Å². The van der Waals surface area contributed by atoms with Crippen molar-refractivity contribution in [2.45, 2.75) is 45.6 Å². The third-order valence-electron chi connectivity index (χ3n) is 2.73. The average molecular weight is 298 g/mol. The molecule has 1 unspecified atom stereocenters. The van der Waals surface area contributed by atoms with Crippen LogP contribution in [0.1, 0.15) is 39.1 Å². The fourth-order valence-electron chi connectivity index (χ4n) is 1.65. The molecule has 10 heteroatoms. The van der Waals surface area contributed by atoms with Crippen molar-refractivity contribution in [3.63, 3.8) is 0 Å². The van der Waals surface area contributed by atoms with Crippen LogP contribution in [0.2, 0.25) is 0 Å². The Kier molecular flexibility index (Phi) is 4.35. The maximum atomic E-state index is 13.4. The molecule has 0 saturated heterocycles. The Hall–Kier alpha value is -1.74. The Morgan fingerprint density at radius 1 is 1.35 bits per heavy atom. The van der Waals surface area contributed by atoms with Gasteiger partial charge in [0.05, 0.1) is 12.5 Å². The predicted molar refractivity (Wildman–Crippen MR) is 58.5 cm³/mol. The van der Waals surface area contributed by atoms with Gasteiger partial charge in [-0.15, -0.1) is 5.10 Å². The molecule has 1 aromatic heterocycles. The Labute approximate surface area is 111 Å². The molecule has 0 spiro atoms. The van der Waals surface area contributed by atoms with Crippen LogP contribution in [-0.4, -0.2) is 37.7 Å². The van der Waals surface area contributed by atoms with Gasteiger partial charge in [-0.3, -0.25) is 4.79 Å². The van der Waals surface area contributed by atoms with E-state index in [1.807, 2.05) is 0 Å². The topological polar surface area (TPSA) is 80.9 Å². The molecular weight excluding hydrogens is 284 g/mol. The molecule has 1 aromatic rings. The van der Waals surface area contributed by atoms with Gasteiger partial charge in [-0.1, -0.05) is 20.8 Å². The average Bonchev–Trinajstić information content (AvgIpc) is 2.72. The van der Waals surface area contributed by atoms with Crippen LogP contribution in [-0.2, 0) is 10.7 Å².